The molecule has 1 aromatic heterocycles. The first-order valence-electron chi connectivity index (χ1n) is 10.2. The average Bonchev–Trinajstić information content (AvgIpc) is 3.04. The number of fused-ring (bicyclic) bond motifs is 3. The number of likely N-dealkylation sites (tertiary alicyclic amines) is 1. The maximum atomic E-state index is 6.05. The molecular weight excluding hydrogens is 350 g/mol. The number of hydrogen-bond acceptors (Lipinski definition) is 5. The van der Waals surface area contributed by atoms with E-state index in [2.05, 4.69) is 22.0 Å². The summed E-state index contributed by atoms with van der Waals surface area (Å²) in [5.74, 6) is 2.56. The zero-order valence-corrected chi connectivity index (χ0v) is 16.7. The van der Waals surface area contributed by atoms with E-state index in [-0.39, 0.29) is 5.41 Å². The fraction of sp³-hybridized carbons (Fsp3) is 0.478. The third kappa shape index (κ3) is 2.98. The molecule has 1 unspecified atom stereocenters. The minimum Gasteiger partial charge on any atom is -0.493 e. The maximum Gasteiger partial charge on any atom is 0.168 e. The molecule has 0 N–H and O–H groups in total. The molecule has 1 aliphatic carbocycles. The molecule has 3 aliphatic rings. The smallest absolute Gasteiger partial charge is 0.168 e. The predicted molar refractivity (Wildman–Crippen MR) is 109 cm³/mol. The van der Waals surface area contributed by atoms with Crippen LogP contribution < -0.4 is 9.47 Å². The van der Waals surface area contributed by atoms with Gasteiger partial charge in [-0.3, -0.25) is 4.90 Å². The minimum absolute atomic E-state index is 0.207. The SMILES string of the molecule is COc1cccc2c1OCC(CN1CCCC3(CCc4cnc(C)nc43)C1)=C2. The fourth-order valence-corrected chi connectivity index (χ4v) is 5.16. The van der Waals surface area contributed by atoms with Crippen LogP contribution in [0.15, 0.2) is 30.0 Å². The highest BCUT2D eigenvalue weighted by molar-refractivity contribution is 5.66. The second-order valence-corrected chi connectivity index (χ2v) is 8.36. The van der Waals surface area contributed by atoms with E-state index in [9.17, 15) is 0 Å². The van der Waals surface area contributed by atoms with Gasteiger partial charge in [-0.2, -0.15) is 0 Å². The van der Waals surface area contributed by atoms with E-state index < -0.39 is 0 Å². The van der Waals surface area contributed by atoms with Gasteiger partial charge in [-0.25, -0.2) is 9.97 Å². The second kappa shape index (κ2) is 6.89. The number of methoxy groups -OCH3 is 1. The summed E-state index contributed by atoms with van der Waals surface area (Å²) in [5.41, 5.74) is 5.32. The summed E-state index contributed by atoms with van der Waals surface area (Å²) in [6, 6.07) is 6.07. The molecule has 146 valence electrons. The number of aryl methyl sites for hydroxylation is 2. The predicted octanol–water partition coefficient (Wildman–Crippen LogP) is 3.55. The van der Waals surface area contributed by atoms with Crippen LogP contribution in [0.4, 0.5) is 0 Å². The molecule has 1 saturated heterocycles. The Balaban J connectivity index is 1.36. The molecule has 0 saturated carbocycles. The highest BCUT2D eigenvalue weighted by Crippen LogP contribution is 2.44. The number of aromatic nitrogens is 2. The normalized spacial score (nSPS) is 23.7. The van der Waals surface area contributed by atoms with Gasteiger partial charge in [-0.15, -0.1) is 0 Å². The summed E-state index contributed by atoms with van der Waals surface area (Å²) >= 11 is 0. The van der Waals surface area contributed by atoms with Crippen molar-refractivity contribution in [2.24, 2.45) is 0 Å². The van der Waals surface area contributed by atoms with Crippen molar-refractivity contribution in [3.8, 4) is 11.5 Å². The molecule has 1 fully saturated rings. The molecule has 1 atom stereocenters. The van der Waals surface area contributed by atoms with E-state index in [1.165, 1.54) is 36.1 Å². The third-order valence-electron chi connectivity index (χ3n) is 6.43. The van der Waals surface area contributed by atoms with Crippen LogP contribution in [0.25, 0.3) is 6.08 Å². The van der Waals surface area contributed by atoms with Crippen LogP contribution in [0.1, 0.15) is 41.9 Å². The van der Waals surface area contributed by atoms with Crippen molar-refractivity contribution in [2.45, 2.75) is 38.0 Å². The van der Waals surface area contributed by atoms with Gasteiger partial charge in [-0.05, 0) is 62.4 Å². The maximum absolute atomic E-state index is 6.05. The Hall–Kier alpha value is -2.40. The Morgan fingerprint density at radius 2 is 2.21 bits per heavy atom. The number of piperidine rings is 1. The molecule has 1 aromatic carbocycles. The van der Waals surface area contributed by atoms with Gasteiger partial charge in [0.1, 0.15) is 12.4 Å². The van der Waals surface area contributed by atoms with Crippen molar-refractivity contribution < 1.29 is 9.47 Å². The van der Waals surface area contributed by atoms with Gasteiger partial charge >= 0.3 is 0 Å². The molecule has 0 bridgehead atoms. The summed E-state index contributed by atoms with van der Waals surface area (Å²) in [6.45, 7) is 5.82. The quantitative estimate of drug-likeness (QED) is 0.819. The Labute approximate surface area is 166 Å². The van der Waals surface area contributed by atoms with Crippen molar-refractivity contribution in [3.63, 3.8) is 0 Å². The van der Waals surface area contributed by atoms with Gasteiger partial charge in [0.25, 0.3) is 0 Å². The molecule has 0 amide bonds. The van der Waals surface area contributed by atoms with E-state index in [0.717, 1.165) is 48.9 Å². The molecule has 1 spiro atoms. The monoisotopic (exact) mass is 377 g/mol. The van der Waals surface area contributed by atoms with Gasteiger partial charge in [0.05, 0.1) is 12.8 Å². The number of hydrogen-bond donors (Lipinski definition) is 0. The topological polar surface area (TPSA) is 47.5 Å². The zero-order valence-electron chi connectivity index (χ0n) is 16.7. The van der Waals surface area contributed by atoms with Crippen LogP contribution in [0, 0.1) is 6.92 Å². The summed E-state index contributed by atoms with van der Waals surface area (Å²) in [7, 11) is 1.69. The zero-order chi connectivity index (χ0) is 19.1. The van der Waals surface area contributed by atoms with E-state index >= 15 is 0 Å². The number of nitrogens with zero attached hydrogens (tertiary/aromatic N) is 3. The molecule has 3 heterocycles. The largest absolute Gasteiger partial charge is 0.493 e. The molecular formula is C23H27N3O2. The number of para-hydroxylation sites is 1. The molecule has 2 aromatic rings. The lowest BCUT2D eigenvalue weighted by Gasteiger charge is -2.41. The number of rotatable bonds is 3. The Kier molecular flexibility index (Phi) is 4.35. The van der Waals surface area contributed by atoms with Crippen LogP contribution in [0.3, 0.4) is 0 Å². The van der Waals surface area contributed by atoms with E-state index in [4.69, 9.17) is 14.5 Å². The van der Waals surface area contributed by atoms with Crippen LogP contribution in [-0.4, -0.2) is 48.2 Å². The lowest BCUT2D eigenvalue weighted by molar-refractivity contribution is 0.149. The third-order valence-corrected chi connectivity index (χ3v) is 6.43. The van der Waals surface area contributed by atoms with Crippen molar-refractivity contribution in [2.75, 3.05) is 33.4 Å². The first kappa shape index (κ1) is 17.7. The summed E-state index contributed by atoms with van der Waals surface area (Å²) in [6.07, 6.45) is 9.10. The van der Waals surface area contributed by atoms with Gasteiger partial charge in [0.2, 0.25) is 0 Å². The first-order chi connectivity index (χ1) is 13.7. The molecule has 5 heteroatoms. The van der Waals surface area contributed by atoms with Gasteiger partial charge in [0.15, 0.2) is 11.5 Å². The van der Waals surface area contributed by atoms with Crippen LogP contribution in [0.5, 0.6) is 11.5 Å². The Bertz CT molecular complexity index is 935. The lowest BCUT2D eigenvalue weighted by atomic mass is 9.77. The Morgan fingerprint density at radius 3 is 3.11 bits per heavy atom. The first-order valence-corrected chi connectivity index (χ1v) is 10.2. The molecule has 5 rings (SSSR count). The lowest BCUT2D eigenvalue weighted by Crippen LogP contribution is -2.46. The van der Waals surface area contributed by atoms with Crippen molar-refractivity contribution in [1.82, 2.24) is 14.9 Å². The summed E-state index contributed by atoms with van der Waals surface area (Å²) in [4.78, 5) is 11.9. The average molecular weight is 377 g/mol. The van der Waals surface area contributed by atoms with Crippen LogP contribution in [-0.2, 0) is 11.8 Å². The molecule has 0 radical (unpaired) electrons. The number of ether oxygens (including phenoxy) is 2. The van der Waals surface area contributed by atoms with E-state index in [0.29, 0.717) is 6.61 Å². The van der Waals surface area contributed by atoms with Crippen molar-refractivity contribution in [1.29, 1.82) is 0 Å². The van der Waals surface area contributed by atoms with Crippen molar-refractivity contribution in [3.05, 3.63) is 52.6 Å². The molecule has 28 heavy (non-hydrogen) atoms. The highest BCUT2D eigenvalue weighted by atomic mass is 16.5. The fourth-order valence-electron chi connectivity index (χ4n) is 5.16. The molecule has 2 aliphatic heterocycles. The molecule has 5 nitrogen and oxygen atoms in total. The number of benzene rings is 1. The van der Waals surface area contributed by atoms with Crippen LogP contribution >= 0.6 is 0 Å². The van der Waals surface area contributed by atoms with E-state index in [1.54, 1.807) is 7.11 Å². The minimum atomic E-state index is 0.207. The second-order valence-electron chi connectivity index (χ2n) is 8.36. The van der Waals surface area contributed by atoms with Crippen LogP contribution in [0.2, 0.25) is 0 Å². The van der Waals surface area contributed by atoms with Gasteiger partial charge in [-0.1, -0.05) is 12.1 Å². The van der Waals surface area contributed by atoms with Gasteiger partial charge < -0.3 is 9.47 Å². The summed E-state index contributed by atoms with van der Waals surface area (Å²) < 4.78 is 11.5. The summed E-state index contributed by atoms with van der Waals surface area (Å²) in [5, 5.41) is 0. The van der Waals surface area contributed by atoms with Gasteiger partial charge in [0, 0.05) is 30.3 Å². The van der Waals surface area contributed by atoms with Crippen molar-refractivity contribution >= 4 is 6.08 Å². The standard InChI is InChI=1S/C23H27N3O2/c1-16-24-12-19-7-9-23(22(19)25-16)8-4-10-26(15-23)13-17-11-18-5-3-6-20(27-2)21(18)28-14-17/h3,5-6,11-12H,4,7-10,13-15H2,1-2H3. The Morgan fingerprint density at radius 1 is 1.29 bits per heavy atom. The highest BCUT2D eigenvalue weighted by Gasteiger charge is 2.43. The van der Waals surface area contributed by atoms with E-state index in [1.807, 2.05) is 25.3 Å².